The Bertz CT molecular complexity index is 377. The molecule has 1 aliphatic heterocycles. The van der Waals surface area contributed by atoms with E-state index in [1.54, 1.807) is 6.92 Å². The second-order valence-corrected chi connectivity index (χ2v) is 6.66. The van der Waals surface area contributed by atoms with Crippen molar-refractivity contribution in [3.8, 4) is 0 Å². The maximum atomic E-state index is 11.7. The minimum Gasteiger partial charge on any atom is -0.377 e. The van der Waals surface area contributed by atoms with Crippen molar-refractivity contribution in [2.75, 3.05) is 25.4 Å². The Morgan fingerprint density at radius 1 is 1.47 bits per heavy atom. The number of ether oxygens (including phenoxy) is 1. The van der Waals surface area contributed by atoms with Crippen molar-refractivity contribution in [3.63, 3.8) is 0 Å². The van der Waals surface area contributed by atoms with E-state index in [1.807, 2.05) is 0 Å². The predicted molar refractivity (Wildman–Crippen MR) is 72.0 cm³/mol. The van der Waals surface area contributed by atoms with E-state index in [4.69, 9.17) is 10.5 Å². The molecule has 0 bridgehead atoms. The highest BCUT2D eigenvalue weighted by Crippen LogP contribution is 2.11. The summed E-state index contributed by atoms with van der Waals surface area (Å²) in [7, 11) is -3.39. The van der Waals surface area contributed by atoms with E-state index in [1.165, 1.54) is 0 Å². The van der Waals surface area contributed by atoms with Crippen LogP contribution in [0.25, 0.3) is 0 Å². The number of nitrogens with one attached hydrogen (secondary N) is 2. The largest absolute Gasteiger partial charge is 0.377 e. The van der Waals surface area contributed by atoms with Crippen LogP contribution in [0.4, 0.5) is 0 Å². The molecule has 0 radical (unpaired) electrons. The summed E-state index contributed by atoms with van der Waals surface area (Å²) in [5, 5.41) is 2.46. The van der Waals surface area contributed by atoms with E-state index in [9.17, 15) is 13.2 Å². The van der Waals surface area contributed by atoms with Crippen LogP contribution < -0.4 is 15.8 Å². The Hall–Kier alpha value is -0.700. The lowest BCUT2D eigenvalue weighted by molar-refractivity contribution is -0.121. The molecule has 1 unspecified atom stereocenters. The number of nitrogens with two attached hydrogens (primary N) is 1. The minimum atomic E-state index is -3.39. The highest BCUT2D eigenvalue weighted by molar-refractivity contribution is 7.89. The molecule has 0 aromatic carbocycles. The highest BCUT2D eigenvalue weighted by atomic mass is 32.2. The Labute approximate surface area is 114 Å². The van der Waals surface area contributed by atoms with Gasteiger partial charge in [0.1, 0.15) is 0 Å². The summed E-state index contributed by atoms with van der Waals surface area (Å²) in [5.41, 5.74) is 5.35. The molecular weight excluding hydrogens is 270 g/mol. The van der Waals surface area contributed by atoms with E-state index in [2.05, 4.69) is 10.0 Å². The number of hydrogen-bond donors (Lipinski definition) is 3. The molecular formula is C11H23N3O4S. The summed E-state index contributed by atoms with van der Waals surface area (Å²) in [6.45, 7) is 2.59. The third kappa shape index (κ3) is 6.86. The van der Waals surface area contributed by atoms with Crippen LogP contribution in [0.1, 0.15) is 26.2 Å². The summed E-state index contributed by atoms with van der Waals surface area (Å²) >= 11 is 0. The molecule has 7 nitrogen and oxygen atoms in total. The van der Waals surface area contributed by atoms with Crippen LogP contribution in [-0.4, -0.2) is 51.9 Å². The van der Waals surface area contributed by atoms with Gasteiger partial charge in [0, 0.05) is 19.7 Å². The van der Waals surface area contributed by atoms with Gasteiger partial charge in [-0.05, 0) is 26.2 Å². The number of hydrogen-bond acceptors (Lipinski definition) is 5. The number of carbonyl (C=O) groups is 1. The molecule has 0 aromatic rings. The molecule has 19 heavy (non-hydrogen) atoms. The van der Waals surface area contributed by atoms with Crippen LogP contribution in [0.5, 0.6) is 0 Å². The number of carbonyl (C=O) groups excluding carboxylic acids is 1. The smallest absolute Gasteiger partial charge is 0.236 e. The first kappa shape index (κ1) is 16.4. The van der Waals surface area contributed by atoms with Gasteiger partial charge < -0.3 is 15.8 Å². The van der Waals surface area contributed by atoms with Crippen molar-refractivity contribution >= 4 is 15.9 Å². The van der Waals surface area contributed by atoms with Gasteiger partial charge in [0.2, 0.25) is 15.9 Å². The molecule has 112 valence electrons. The van der Waals surface area contributed by atoms with Gasteiger partial charge in [-0.2, -0.15) is 0 Å². The lowest BCUT2D eigenvalue weighted by Crippen LogP contribution is -2.42. The standard InChI is InChI=1S/C11H23N3O4S/c1-9(12)11(15)13-5-7-19(16,17)14-8-10-4-2-3-6-18-10/h9-10,14H,2-8,12H2,1H3,(H,13,15)/t9-,10?/m0/s1. The van der Waals surface area contributed by atoms with Crippen molar-refractivity contribution in [1.29, 1.82) is 0 Å². The maximum absolute atomic E-state index is 11.7. The zero-order valence-corrected chi connectivity index (χ0v) is 12.0. The van der Waals surface area contributed by atoms with E-state index >= 15 is 0 Å². The van der Waals surface area contributed by atoms with Gasteiger partial charge in [-0.15, -0.1) is 0 Å². The zero-order valence-electron chi connectivity index (χ0n) is 11.2. The molecule has 1 heterocycles. The van der Waals surface area contributed by atoms with Gasteiger partial charge in [-0.3, -0.25) is 4.79 Å². The Morgan fingerprint density at radius 3 is 2.79 bits per heavy atom. The average molecular weight is 293 g/mol. The second-order valence-electron chi connectivity index (χ2n) is 4.74. The molecule has 1 rings (SSSR count). The fourth-order valence-electron chi connectivity index (χ4n) is 1.73. The topological polar surface area (TPSA) is 111 Å². The Balaban J connectivity index is 2.21. The second kappa shape index (κ2) is 7.78. The maximum Gasteiger partial charge on any atom is 0.236 e. The third-order valence-corrected chi connectivity index (χ3v) is 4.24. The molecule has 0 saturated carbocycles. The van der Waals surface area contributed by atoms with Crippen LogP contribution in [0.15, 0.2) is 0 Å². The first-order valence-corrected chi connectivity index (χ1v) is 8.18. The van der Waals surface area contributed by atoms with Gasteiger partial charge >= 0.3 is 0 Å². The molecule has 0 aromatic heterocycles. The Morgan fingerprint density at radius 2 is 2.21 bits per heavy atom. The van der Waals surface area contributed by atoms with Crippen LogP contribution in [0, 0.1) is 0 Å². The first-order chi connectivity index (χ1) is 8.91. The molecule has 1 amide bonds. The van der Waals surface area contributed by atoms with Gasteiger partial charge in [0.15, 0.2) is 0 Å². The van der Waals surface area contributed by atoms with Crippen molar-refractivity contribution in [2.45, 2.75) is 38.3 Å². The monoisotopic (exact) mass is 293 g/mol. The molecule has 1 aliphatic rings. The van der Waals surface area contributed by atoms with Gasteiger partial charge in [0.25, 0.3) is 0 Å². The summed E-state index contributed by atoms with van der Waals surface area (Å²) in [6.07, 6.45) is 2.94. The minimum absolute atomic E-state index is 0.0396. The predicted octanol–water partition coefficient (Wildman–Crippen LogP) is -1.06. The van der Waals surface area contributed by atoms with Crippen molar-refractivity contribution < 1.29 is 17.9 Å². The van der Waals surface area contributed by atoms with Crippen molar-refractivity contribution in [3.05, 3.63) is 0 Å². The van der Waals surface area contributed by atoms with Gasteiger partial charge in [-0.25, -0.2) is 13.1 Å². The molecule has 0 spiro atoms. The molecule has 2 atom stereocenters. The molecule has 1 fully saturated rings. The van der Waals surface area contributed by atoms with Gasteiger partial charge in [0.05, 0.1) is 17.9 Å². The number of sulfonamides is 1. The quantitative estimate of drug-likeness (QED) is 0.554. The fraction of sp³-hybridized carbons (Fsp3) is 0.909. The summed E-state index contributed by atoms with van der Waals surface area (Å²) in [6, 6.07) is -0.633. The summed E-state index contributed by atoms with van der Waals surface area (Å²) in [5.74, 6) is -0.510. The zero-order chi connectivity index (χ0) is 14.3. The van der Waals surface area contributed by atoms with Crippen LogP contribution in [-0.2, 0) is 19.6 Å². The summed E-state index contributed by atoms with van der Waals surface area (Å²) < 4.78 is 31.3. The molecule has 4 N–H and O–H groups in total. The van der Waals surface area contributed by atoms with Crippen molar-refractivity contribution in [1.82, 2.24) is 10.0 Å². The van der Waals surface area contributed by atoms with E-state index in [0.717, 1.165) is 19.3 Å². The number of rotatable bonds is 7. The lowest BCUT2D eigenvalue weighted by Gasteiger charge is -2.22. The third-order valence-electron chi connectivity index (χ3n) is 2.89. The normalized spacial score (nSPS) is 21.9. The van der Waals surface area contributed by atoms with E-state index in [-0.39, 0.29) is 24.3 Å². The average Bonchev–Trinajstić information content (AvgIpc) is 2.37. The van der Waals surface area contributed by atoms with Gasteiger partial charge in [-0.1, -0.05) is 0 Å². The number of amides is 1. The van der Waals surface area contributed by atoms with E-state index < -0.39 is 16.1 Å². The van der Waals surface area contributed by atoms with Crippen LogP contribution in [0.3, 0.4) is 0 Å². The van der Waals surface area contributed by atoms with Crippen molar-refractivity contribution in [2.24, 2.45) is 5.73 Å². The fourth-order valence-corrected chi connectivity index (χ4v) is 2.69. The lowest BCUT2D eigenvalue weighted by atomic mass is 10.1. The Kier molecular flexibility index (Phi) is 6.70. The molecule has 8 heteroatoms. The van der Waals surface area contributed by atoms with Crippen LogP contribution >= 0.6 is 0 Å². The SMILES string of the molecule is C[C@H](N)C(=O)NCCS(=O)(=O)NCC1CCCCO1. The van der Waals surface area contributed by atoms with E-state index in [0.29, 0.717) is 13.2 Å². The molecule has 1 saturated heterocycles. The first-order valence-electron chi connectivity index (χ1n) is 6.53. The molecule has 0 aliphatic carbocycles. The summed E-state index contributed by atoms with van der Waals surface area (Å²) in [4.78, 5) is 11.2. The van der Waals surface area contributed by atoms with Crippen LogP contribution in [0.2, 0.25) is 0 Å². The highest BCUT2D eigenvalue weighted by Gasteiger charge is 2.18.